The van der Waals surface area contributed by atoms with E-state index in [1.807, 2.05) is 20.8 Å². The molecule has 0 saturated carbocycles. The third-order valence-corrected chi connectivity index (χ3v) is 4.19. The van der Waals surface area contributed by atoms with E-state index in [0.29, 0.717) is 36.8 Å². The summed E-state index contributed by atoms with van der Waals surface area (Å²) in [4.78, 5) is 38.1. The second-order valence-corrected chi connectivity index (χ2v) is 7.75. The first kappa shape index (κ1) is 20.3. The molecule has 0 aromatic carbocycles. The summed E-state index contributed by atoms with van der Waals surface area (Å²) < 4.78 is 5.42. The van der Waals surface area contributed by atoms with Gasteiger partial charge in [-0.15, -0.1) is 0 Å². The second-order valence-electron chi connectivity index (χ2n) is 7.75. The van der Waals surface area contributed by atoms with Gasteiger partial charge in [-0.3, -0.25) is 9.78 Å². The number of aromatic nitrogens is 3. The molecule has 0 bridgehead atoms. The van der Waals surface area contributed by atoms with Crippen molar-refractivity contribution in [2.45, 2.75) is 38.8 Å². The maximum Gasteiger partial charge on any atom is 0.410 e. The average molecular weight is 399 g/mol. The Kier molecular flexibility index (Phi) is 5.81. The molecule has 2 aromatic rings. The lowest BCUT2D eigenvalue weighted by Crippen LogP contribution is -2.36. The highest BCUT2D eigenvalue weighted by Crippen LogP contribution is 2.24. The monoisotopic (exact) mass is 399 g/mol. The summed E-state index contributed by atoms with van der Waals surface area (Å²) in [6.07, 6.45) is 6.46. The van der Waals surface area contributed by atoms with Crippen LogP contribution in [0.25, 0.3) is 0 Å². The molecule has 154 valence electrons. The Morgan fingerprint density at radius 1 is 1.21 bits per heavy atom. The molecule has 0 spiro atoms. The predicted molar refractivity (Wildman–Crippen MR) is 108 cm³/mol. The summed E-state index contributed by atoms with van der Waals surface area (Å²) in [7, 11) is 0. The minimum absolute atomic E-state index is 0.0487. The fourth-order valence-electron chi connectivity index (χ4n) is 2.92. The number of carbonyl (C=O) groups is 2. The zero-order chi connectivity index (χ0) is 21.0. The van der Waals surface area contributed by atoms with E-state index >= 15 is 0 Å². The fourth-order valence-corrected chi connectivity index (χ4v) is 2.92. The lowest BCUT2D eigenvalue weighted by molar-refractivity contribution is 0.0293. The number of nitrogens with two attached hydrogens (primary N) is 1. The van der Waals surface area contributed by atoms with Gasteiger partial charge in [-0.05, 0) is 27.2 Å². The van der Waals surface area contributed by atoms with Gasteiger partial charge in [0.2, 0.25) is 0 Å². The van der Waals surface area contributed by atoms with Crippen molar-refractivity contribution in [1.82, 2.24) is 19.9 Å². The van der Waals surface area contributed by atoms with E-state index in [2.05, 4.69) is 25.6 Å². The van der Waals surface area contributed by atoms with E-state index < -0.39 is 11.5 Å². The van der Waals surface area contributed by atoms with Gasteiger partial charge in [0.05, 0.1) is 17.4 Å². The van der Waals surface area contributed by atoms with Crippen molar-refractivity contribution in [1.29, 1.82) is 0 Å². The van der Waals surface area contributed by atoms with Gasteiger partial charge in [-0.2, -0.15) is 0 Å². The number of ether oxygens (including phenoxy) is 1. The summed E-state index contributed by atoms with van der Waals surface area (Å²) in [5.41, 5.74) is 5.75. The van der Waals surface area contributed by atoms with Crippen molar-refractivity contribution in [3.8, 4) is 0 Å². The first-order chi connectivity index (χ1) is 13.7. The summed E-state index contributed by atoms with van der Waals surface area (Å²) in [5, 5.41) is 6.33. The molecule has 1 fully saturated rings. The van der Waals surface area contributed by atoms with Crippen molar-refractivity contribution >= 4 is 29.3 Å². The normalized spacial score (nSPS) is 16.4. The minimum atomic E-state index is -0.590. The SMILES string of the molecule is CC(C)(C)OC(=O)N1CC[C@H](Nc2cc(Nc3cnccn3)ncc2C(N)=O)C1. The molecule has 10 heteroatoms. The smallest absolute Gasteiger partial charge is 0.410 e. The molecule has 2 amide bonds. The zero-order valence-electron chi connectivity index (χ0n) is 16.7. The molecule has 1 saturated heterocycles. The van der Waals surface area contributed by atoms with Crippen LogP contribution in [-0.2, 0) is 4.74 Å². The highest BCUT2D eigenvalue weighted by molar-refractivity contribution is 5.98. The predicted octanol–water partition coefficient (Wildman–Crippen LogP) is 2.14. The molecule has 1 atom stereocenters. The number of amides is 2. The number of hydrogen-bond donors (Lipinski definition) is 3. The van der Waals surface area contributed by atoms with Crippen LogP contribution in [0, 0.1) is 0 Å². The number of likely N-dealkylation sites (tertiary alicyclic amines) is 1. The van der Waals surface area contributed by atoms with Gasteiger partial charge in [0.1, 0.15) is 17.2 Å². The van der Waals surface area contributed by atoms with Crippen molar-refractivity contribution < 1.29 is 14.3 Å². The van der Waals surface area contributed by atoms with Gasteiger partial charge in [0, 0.05) is 43.8 Å². The molecule has 0 unspecified atom stereocenters. The molecule has 0 radical (unpaired) electrons. The van der Waals surface area contributed by atoms with E-state index in [-0.39, 0.29) is 17.7 Å². The third-order valence-electron chi connectivity index (χ3n) is 4.19. The molecular formula is C19H25N7O3. The molecule has 4 N–H and O–H groups in total. The summed E-state index contributed by atoms with van der Waals surface area (Å²) in [6, 6.07) is 1.64. The van der Waals surface area contributed by atoms with Gasteiger partial charge in [-0.25, -0.2) is 14.8 Å². The molecule has 0 aliphatic carbocycles. The maximum absolute atomic E-state index is 12.3. The molecule has 2 aromatic heterocycles. The van der Waals surface area contributed by atoms with Gasteiger partial charge >= 0.3 is 6.09 Å². The minimum Gasteiger partial charge on any atom is -0.444 e. The Morgan fingerprint density at radius 2 is 2.00 bits per heavy atom. The quantitative estimate of drug-likeness (QED) is 0.696. The molecule has 29 heavy (non-hydrogen) atoms. The first-order valence-corrected chi connectivity index (χ1v) is 9.28. The second kappa shape index (κ2) is 8.29. The van der Waals surface area contributed by atoms with Crippen molar-refractivity contribution in [2.75, 3.05) is 23.7 Å². The molecule has 1 aliphatic heterocycles. The van der Waals surface area contributed by atoms with Crippen LogP contribution in [0.1, 0.15) is 37.6 Å². The van der Waals surface area contributed by atoms with Crippen LogP contribution >= 0.6 is 0 Å². The third kappa shape index (κ3) is 5.53. The van der Waals surface area contributed by atoms with Crippen LogP contribution in [0.15, 0.2) is 30.9 Å². The number of carbonyl (C=O) groups excluding carboxylic acids is 2. The standard InChI is InChI=1S/C19H25N7O3/c1-19(2,3)29-18(28)26-7-4-12(11-26)24-14-8-15(23-9-13(14)17(20)27)25-16-10-21-5-6-22-16/h5-6,8-10,12H,4,7,11H2,1-3H3,(H2,20,27)(H2,22,23,24,25)/t12-/m0/s1. The zero-order valence-corrected chi connectivity index (χ0v) is 16.7. The Balaban J connectivity index is 1.71. The average Bonchev–Trinajstić information content (AvgIpc) is 3.10. The summed E-state index contributed by atoms with van der Waals surface area (Å²) >= 11 is 0. The number of nitrogens with zero attached hydrogens (tertiary/aromatic N) is 4. The van der Waals surface area contributed by atoms with Gasteiger partial charge in [-0.1, -0.05) is 0 Å². The van der Waals surface area contributed by atoms with E-state index in [1.165, 1.54) is 6.20 Å². The fraction of sp³-hybridized carbons (Fsp3) is 0.421. The largest absolute Gasteiger partial charge is 0.444 e. The topological polar surface area (TPSA) is 135 Å². The Labute approximate surface area is 168 Å². The van der Waals surface area contributed by atoms with E-state index in [0.717, 1.165) is 0 Å². The lowest BCUT2D eigenvalue weighted by Gasteiger charge is -2.24. The highest BCUT2D eigenvalue weighted by Gasteiger charge is 2.30. The molecule has 3 rings (SSSR count). The van der Waals surface area contributed by atoms with E-state index in [1.54, 1.807) is 29.6 Å². The maximum atomic E-state index is 12.3. The number of nitrogens with one attached hydrogen (secondary N) is 2. The Hall–Kier alpha value is -3.43. The number of rotatable bonds is 5. The Morgan fingerprint density at radius 3 is 2.66 bits per heavy atom. The van der Waals surface area contributed by atoms with Crippen LogP contribution < -0.4 is 16.4 Å². The van der Waals surface area contributed by atoms with Gasteiger partial charge in [0.25, 0.3) is 5.91 Å². The summed E-state index contributed by atoms with van der Waals surface area (Å²) in [5.74, 6) is 0.419. The number of pyridine rings is 1. The molecular weight excluding hydrogens is 374 g/mol. The van der Waals surface area contributed by atoms with Crippen LogP contribution in [0.5, 0.6) is 0 Å². The molecule has 1 aliphatic rings. The van der Waals surface area contributed by atoms with Crippen molar-refractivity contribution in [3.05, 3.63) is 36.4 Å². The lowest BCUT2D eigenvalue weighted by atomic mass is 10.1. The number of hydrogen-bond acceptors (Lipinski definition) is 8. The number of anilines is 3. The molecule has 3 heterocycles. The van der Waals surface area contributed by atoms with Crippen molar-refractivity contribution in [3.63, 3.8) is 0 Å². The highest BCUT2D eigenvalue weighted by atomic mass is 16.6. The van der Waals surface area contributed by atoms with Gasteiger partial charge < -0.3 is 26.0 Å². The number of primary amides is 1. The van der Waals surface area contributed by atoms with Gasteiger partial charge in [0.15, 0.2) is 0 Å². The Bertz CT molecular complexity index is 883. The van der Waals surface area contributed by atoms with Crippen LogP contribution in [0.3, 0.4) is 0 Å². The van der Waals surface area contributed by atoms with Crippen LogP contribution in [0.2, 0.25) is 0 Å². The van der Waals surface area contributed by atoms with E-state index in [4.69, 9.17) is 10.5 Å². The molecule has 10 nitrogen and oxygen atoms in total. The summed E-state index contributed by atoms with van der Waals surface area (Å²) in [6.45, 7) is 6.52. The van der Waals surface area contributed by atoms with Crippen LogP contribution in [0.4, 0.5) is 22.1 Å². The van der Waals surface area contributed by atoms with E-state index in [9.17, 15) is 9.59 Å². The van der Waals surface area contributed by atoms with Crippen LogP contribution in [-0.4, -0.2) is 56.6 Å². The van der Waals surface area contributed by atoms with Crippen molar-refractivity contribution in [2.24, 2.45) is 5.73 Å². The first-order valence-electron chi connectivity index (χ1n) is 9.28.